The zero-order chi connectivity index (χ0) is 17.2. The molecule has 0 amide bonds. The number of hydrogen-bond donors (Lipinski definition) is 0. The van der Waals surface area contributed by atoms with E-state index in [9.17, 15) is 4.79 Å². The first-order chi connectivity index (χ1) is 12.2. The molecule has 2 aromatic rings. The van der Waals surface area contributed by atoms with Crippen LogP contribution in [0.4, 0.5) is 0 Å². The van der Waals surface area contributed by atoms with Gasteiger partial charge in [-0.15, -0.1) is 23.5 Å². The van der Waals surface area contributed by atoms with E-state index in [-0.39, 0.29) is 4.08 Å². The molecule has 1 heterocycles. The number of rotatable bonds is 3. The van der Waals surface area contributed by atoms with Crippen molar-refractivity contribution in [1.82, 2.24) is 0 Å². The van der Waals surface area contributed by atoms with Crippen LogP contribution in [0.1, 0.15) is 21.5 Å². The van der Waals surface area contributed by atoms with Gasteiger partial charge in [-0.05, 0) is 51.3 Å². The van der Waals surface area contributed by atoms with E-state index in [1.165, 1.54) is 41.2 Å². The van der Waals surface area contributed by atoms with Crippen LogP contribution in [0.25, 0.3) is 11.1 Å². The van der Waals surface area contributed by atoms with E-state index in [0.717, 1.165) is 11.8 Å². The summed E-state index contributed by atoms with van der Waals surface area (Å²) in [5, 5.41) is 2.53. The van der Waals surface area contributed by atoms with E-state index >= 15 is 0 Å². The Bertz CT molecular complexity index is 1080. The van der Waals surface area contributed by atoms with Crippen molar-refractivity contribution in [1.29, 1.82) is 0 Å². The van der Waals surface area contributed by atoms with Crippen LogP contribution >= 0.6 is 47.0 Å². The van der Waals surface area contributed by atoms with Crippen molar-refractivity contribution in [2.45, 2.75) is 4.08 Å². The van der Waals surface area contributed by atoms with Gasteiger partial charge in [0, 0.05) is 5.56 Å². The summed E-state index contributed by atoms with van der Waals surface area (Å²) in [5.74, 6) is 0. The molecule has 0 aromatic heterocycles. The molecule has 1 spiro atoms. The summed E-state index contributed by atoms with van der Waals surface area (Å²) in [6.45, 7) is 0. The first-order valence-corrected chi connectivity index (χ1v) is 12.0. The molecule has 3 aliphatic rings. The van der Waals surface area contributed by atoms with Gasteiger partial charge in [-0.3, -0.25) is 4.79 Å². The molecule has 0 unspecified atom stereocenters. The van der Waals surface area contributed by atoms with Gasteiger partial charge in [-0.2, -0.15) is 0 Å². The molecule has 0 N–H and O–H groups in total. The Morgan fingerprint density at radius 1 is 0.880 bits per heavy atom. The average Bonchev–Trinajstić information content (AvgIpc) is 3.26. The number of thioether (sulfide) groups is 4. The Hall–Kier alpha value is -1.01. The fraction of sp³-hybridized carbons (Fsp3) is 0.150. The minimum Gasteiger partial charge on any atom is -0.298 e. The van der Waals surface area contributed by atoms with Crippen molar-refractivity contribution < 1.29 is 4.79 Å². The summed E-state index contributed by atoms with van der Waals surface area (Å²) >= 11 is 7.64. The molecule has 1 aliphatic heterocycles. The minimum atomic E-state index is -0.0930. The van der Waals surface area contributed by atoms with Crippen LogP contribution < -0.4 is 10.4 Å². The molecule has 25 heavy (non-hydrogen) atoms. The fourth-order valence-electron chi connectivity index (χ4n) is 3.92. The van der Waals surface area contributed by atoms with Gasteiger partial charge < -0.3 is 0 Å². The second-order valence-electron chi connectivity index (χ2n) is 6.02. The van der Waals surface area contributed by atoms with Crippen molar-refractivity contribution in [3.8, 4) is 0 Å². The lowest BCUT2D eigenvalue weighted by atomic mass is 9.98. The smallest absolute Gasteiger partial charge is 0.150 e. The van der Waals surface area contributed by atoms with Gasteiger partial charge in [0.15, 0.2) is 0 Å². The van der Waals surface area contributed by atoms with Gasteiger partial charge in [-0.25, -0.2) is 0 Å². The fourth-order valence-corrected chi connectivity index (χ4v) is 10.1. The molecule has 0 fully saturated rings. The molecule has 1 nitrogen and oxygen atoms in total. The van der Waals surface area contributed by atoms with E-state index in [2.05, 4.69) is 48.9 Å². The Morgan fingerprint density at radius 2 is 1.48 bits per heavy atom. The molecule has 2 aromatic carbocycles. The van der Waals surface area contributed by atoms with Gasteiger partial charge in [0.25, 0.3) is 0 Å². The number of fused-ring (bicyclic) bond motifs is 4. The molecule has 2 bridgehead atoms. The van der Waals surface area contributed by atoms with E-state index in [4.69, 9.17) is 0 Å². The zero-order valence-corrected chi connectivity index (χ0v) is 16.9. The van der Waals surface area contributed by atoms with Crippen LogP contribution in [0.2, 0.25) is 0 Å². The van der Waals surface area contributed by atoms with Crippen LogP contribution in [0.3, 0.4) is 0 Å². The number of benzene rings is 2. The van der Waals surface area contributed by atoms with Crippen molar-refractivity contribution in [2.24, 2.45) is 0 Å². The molecular formula is C20H14OS4. The molecule has 124 valence electrons. The summed E-state index contributed by atoms with van der Waals surface area (Å²) in [5.41, 5.74) is 6.23. The van der Waals surface area contributed by atoms with Gasteiger partial charge >= 0.3 is 0 Å². The molecule has 5 heteroatoms. The molecule has 0 atom stereocenters. The van der Waals surface area contributed by atoms with Crippen molar-refractivity contribution in [3.63, 3.8) is 0 Å². The third-order valence-electron chi connectivity index (χ3n) is 4.85. The second kappa shape index (κ2) is 5.74. The summed E-state index contributed by atoms with van der Waals surface area (Å²) in [7, 11) is 0. The second-order valence-corrected chi connectivity index (χ2v) is 10.9. The third-order valence-corrected chi connectivity index (χ3v) is 10.7. The Balaban J connectivity index is 1.85. The summed E-state index contributed by atoms with van der Waals surface area (Å²) in [6, 6.07) is 14.9. The molecule has 0 saturated heterocycles. The topological polar surface area (TPSA) is 17.1 Å². The maximum absolute atomic E-state index is 11.3. The Morgan fingerprint density at radius 3 is 2.04 bits per heavy atom. The number of carbonyl (C=O) groups is 1. The molecule has 5 rings (SSSR count). The molecular weight excluding hydrogens is 384 g/mol. The SMILES string of the molecule is CSC1=C(SC)SC2(S1)C1=c3ccc(C=O)cc3=C2c2ccccc21. The van der Waals surface area contributed by atoms with Crippen LogP contribution in [-0.4, -0.2) is 22.9 Å². The number of carbonyl (C=O) groups excluding carboxylic acids is 1. The third kappa shape index (κ3) is 2.01. The highest BCUT2D eigenvalue weighted by Crippen LogP contribution is 2.71. The van der Waals surface area contributed by atoms with Gasteiger partial charge in [0.1, 0.15) is 10.4 Å². The lowest BCUT2D eigenvalue weighted by Gasteiger charge is -2.23. The Labute approximate surface area is 163 Å². The van der Waals surface area contributed by atoms with Crippen LogP contribution in [0.15, 0.2) is 50.9 Å². The van der Waals surface area contributed by atoms with E-state index in [1.54, 1.807) is 0 Å². The first kappa shape index (κ1) is 16.2. The highest BCUT2D eigenvalue weighted by Gasteiger charge is 2.55. The summed E-state index contributed by atoms with van der Waals surface area (Å²) in [6.07, 6.45) is 5.27. The predicted octanol–water partition coefficient (Wildman–Crippen LogP) is 4.25. The molecule has 0 radical (unpaired) electrons. The van der Waals surface area contributed by atoms with E-state index in [0.29, 0.717) is 0 Å². The van der Waals surface area contributed by atoms with Crippen LogP contribution in [0, 0.1) is 0 Å². The Kier molecular flexibility index (Phi) is 3.72. The van der Waals surface area contributed by atoms with Crippen molar-refractivity contribution in [2.75, 3.05) is 12.5 Å². The lowest BCUT2D eigenvalue weighted by molar-refractivity contribution is 0.112. The van der Waals surface area contributed by atoms with Gasteiger partial charge in [0.2, 0.25) is 0 Å². The largest absolute Gasteiger partial charge is 0.298 e. The summed E-state index contributed by atoms with van der Waals surface area (Å²) < 4.78 is 2.72. The maximum atomic E-state index is 11.3. The highest BCUT2D eigenvalue weighted by atomic mass is 32.3. The van der Waals surface area contributed by atoms with E-state index in [1.807, 2.05) is 53.1 Å². The first-order valence-electron chi connectivity index (χ1n) is 7.88. The van der Waals surface area contributed by atoms with Crippen LogP contribution in [0.5, 0.6) is 0 Å². The summed E-state index contributed by atoms with van der Waals surface area (Å²) in [4.78, 5) is 11.3. The van der Waals surface area contributed by atoms with Gasteiger partial charge in [-0.1, -0.05) is 59.9 Å². The van der Waals surface area contributed by atoms with Crippen molar-refractivity contribution in [3.05, 3.63) is 78.1 Å². The maximum Gasteiger partial charge on any atom is 0.150 e. The van der Waals surface area contributed by atoms with Crippen molar-refractivity contribution >= 4 is 64.5 Å². The van der Waals surface area contributed by atoms with Gasteiger partial charge in [0.05, 0.1) is 8.47 Å². The van der Waals surface area contributed by atoms with Crippen LogP contribution in [-0.2, 0) is 0 Å². The average molecular weight is 399 g/mol. The highest BCUT2D eigenvalue weighted by molar-refractivity contribution is 8.38. The number of hydrogen-bond acceptors (Lipinski definition) is 5. The standard InChI is InChI=1S/C20H14OS4/c1-22-18-19(23-2)25-20(24-18)16-12-5-3-4-6-13(12)17(20)15-9-11(10-21)7-8-14(15)16/h3-10H,1-2H3. The predicted molar refractivity (Wildman–Crippen MR) is 115 cm³/mol. The normalized spacial score (nSPS) is 19.0. The van der Waals surface area contributed by atoms with E-state index < -0.39 is 0 Å². The lowest BCUT2D eigenvalue weighted by Crippen LogP contribution is -2.27. The monoisotopic (exact) mass is 398 g/mol. The minimum absolute atomic E-state index is 0.0930. The zero-order valence-electron chi connectivity index (χ0n) is 13.7. The number of aldehydes is 1. The quantitative estimate of drug-likeness (QED) is 0.717. The molecule has 2 aliphatic carbocycles. The molecule has 0 saturated carbocycles.